The smallest absolute Gasteiger partial charge is 0.268 e. The van der Waals surface area contributed by atoms with E-state index in [-0.39, 0.29) is 23.6 Å². The lowest BCUT2D eigenvalue weighted by Gasteiger charge is -2.16. The van der Waals surface area contributed by atoms with E-state index in [0.717, 1.165) is 22.9 Å². The first-order valence-electron chi connectivity index (χ1n) is 8.49. The van der Waals surface area contributed by atoms with Crippen molar-refractivity contribution >= 4 is 33.8 Å². The Labute approximate surface area is 162 Å². The summed E-state index contributed by atoms with van der Waals surface area (Å²) in [4.78, 5) is 24.1. The maximum atomic E-state index is 12.6. The first-order chi connectivity index (χ1) is 12.5. The van der Waals surface area contributed by atoms with Crippen LogP contribution in [0, 0.1) is 0 Å². The van der Waals surface area contributed by atoms with Crippen LogP contribution in [-0.4, -0.2) is 17.1 Å². The molecular formula is C21H23BrN2O2. The molecule has 0 aliphatic rings. The van der Waals surface area contributed by atoms with Gasteiger partial charge in [0.25, 0.3) is 5.91 Å². The summed E-state index contributed by atoms with van der Waals surface area (Å²) in [6.07, 6.45) is 2.63. The van der Waals surface area contributed by atoms with Crippen LogP contribution in [0.5, 0.6) is 0 Å². The van der Waals surface area contributed by atoms with Crippen LogP contribution in [0.1, 0.15) is 36.6 Å². The molecule has 2 N–H and O–H groups in total. The van der Waals surface area contributed by atoms with Crippen LogP contribution < -0.4 is 10.6 Å². The third-order valence-electron chi connectivity index (χ3n) is 3.88. The molecule has 26 heavy (non-hydrogen) atoms. The van der Waals surface area contributed by atoms with E-state index in [1.807, 2.05) is 49.4 Å². The number of amides is 2. The van der Waals surface area contributed by atoms with Gasteiger partial charge >= 0.3 is 0 Å². The summed E-state index contributed by atoms with van der Waals surface area (Å²) in [6, 6.07) is 17.4. The van der Waals surface area contributed by atoms with Gasteiger partial charge in [-0.2, -0.15) is 0 Å². The molecule has 0 heterocycles. The summed E-state index contributed by atoms with van der Waals surface area (Å²) in [5.41, 5.74) is 3.33. The van der Waals surface area contributed by atoms with Crippen molar-refractivity contribution in [2.45, 2.75) is 26.3 Å². The van der Waals surface area contributed by atoms with Gasteiger partial charge in [-0.05, 0) is 36.1 Å². The Hall–Kier alpha value is -2.40. The molecule has 0 fully saturated rings. The number of alkyl halides is 1. The lowest BCUT2D eigenvalue weighted by atomic mass is 10.0. The summed E-state index contributed by atoms with van der Waals surface area (Å²) < 4.78 is 0. The summed E-state index contributed by atoms with van der Waals surface area (Å²) in [5, 5.41) is 6.48. The Morgan fingerprint density at radius 1 is 1.08 bits per heavy atom. The average molecular weight is 415 g/mol. The minimum Gasteiger partial charge on any atom is -0.344 e. The van der Waals surface area contributed by atoms with E-state index in [2.05, 4.69) is 38.7 Å². The Morgan fingerprint density at radius 2 is 1.73 bits per heavy atom. The molecule has 2 amide bonds. The quantitative estimate of drug-likeness (QED) is 0.531. The predicted molar refractivity (Wildman–Crippen MR) is 109 cm³/mol. The van der Waals surface area contributed by atoms with E-state index < -0.39 is 0 Å². The molecule has 2 rings (SSSR count). The summed E-state index contributed by atoms with van der Waals surface area (Å²) in [7, 11) is 0. The van der Waals surface area contributed by atoms with E-state index in [4.69, 9.17) is 0 Å². The van der Waals surface area contributed by atoms with Gasteiger partial charge in [0.2, 0.25) is 5.91 Å². The molecule has 0 radical (unpaired) electrons. The summed E-state index contributed by atoms with van der Waals surface area (Å²) in [5.74, 6) is -0.602. The number of nitrogens with one attached hydrogen (secondary N) is 2. The second kappa shape index (κ2) is 9.92. The Kier molecular flexibility index (Phi) is 7.60. The Morgan fingerprint density at radius 3 is 2.31 bits per heavy atom. The van der Waals surface area contributed by atoms with Crippen molar-refractivity contribution in [3.05, 3.63) is 77.0 Å². The highest BCUT2D eigenvalue weighted by atomic mass is 79.9. The van der Waals surface area contributed by atoms with Gasteiger partial charge in [-0.25, -0.2) is 0 Å². The lowest BCUT2D eigenvalue weighted by molar-refractivity contribution is -0.122. The zero-order chi connectivity index (χ0) is 18.9. The van der Waals surface area contributed by atoms with Crippen molar-refractivity contribution in [1.29, 1.82) is 0 Å². The highest BCUT2D eigenvalue weighted by Gasteiger charge is 2.15. The predicted octanol–water partition coefficient (Wildman–Crippen LogP) is 3.98. The molecule has 2 aromatic rings. The van der Waals surface area contributed by atoms with Gasteiger partial charge in [0.05, 0.1) is 6.04 Å². The van der Waals surface area contributed by atoms with Crippen LogP contribution in [0.2, 0.25) is 0 Å². The molecule has 0 saturated heterocycles. The third kappa shape index (κ3) is 6.15. The van der Waals surface area contributed by atoms with Gasteiger partial charge in [0.1, 0.15) is 5.70 Å². The highest BCUT2D eigenvalue weighted by Crippen LogP contribution is 2.15. The molecule has 0 aromatic heterocycles. The van der Waals surface area contributed by atoms with Gasteiger partial charge in [0, 0.05) is 12.3 Å². The van der Waals surface area contributed by atoms with Crippen LogP contribution in [0.15, 0.2) is 60.3 Å². The number of carbonyl (C=O) groups excluding carboxylic acids is 2. The van der Waals surface area contributed by atoms with E-state index in [9.17, 15) is 9.59 Å². The number of carbonyl (C=O) groups is 2. The summed E-state index contributed by atoms with van der Waals surface area (Å²) in [6.45, 7) is 3.31. The minimum atomic E-state index is -0.318. The monoisotopic (exact) mass is 414 g/mol. The van der Waals surface area contributed by atoms with E-state index >= 15 is 0 Å². The van der Waals surface area contributed by atoms with Crippen molar-refractivity contribution in [2.24, 2.45) is 0 Å². The number of aryl methyl sites for hydroxylation is 1. The van der Waals surface area contributed by atoms with E-state index in [0.29, 0.717) is 0 Å². The summed E-state index contributed by atoms with van der Waals surface area (Å²) >= 11 is 3.43. The standard InChI is InChI=1S/C21H23BrN2O2/c1-15(19-10-8-17(9-11-19)12-13-22)23-21(26)20(24-16(2)25)14-18-6-4-3-5-7-18/h3-11,14-15H,12-13H2,1-2H3,(H,23,26)(H,24,25)/b20-14+/t15-/m1/s1. The number of halogens is 1. The molecule has 0 bridgehead atoms. The van der Waals surface area contributed by atoms with Crippen LogP contribution in [-0.2, 0) is 16.0 Å². The average Bonchev–Trinajstić information content (AvgIpc) is 2.62. The van der Waals surface area contributed by atoms with Crippen LogP contribution in [0.3, 0.4) is 0 Å². The van der Waals surface area contributed by atoms with E-state index in [1.165, 1.54) is 12.5 Å². The molecule has 0 saturated carbocycles. The number of benzene rings is 2. The zero-order valence-electron chi connectivity index (χ0n) is 15.0. The zero-order valence-corrected chi connectivity index (χ0v) is 16.5. The Bertz CT molecular complexity index is 770. The normalized spacial score (nSPS) is 12.3. The van der Waals surface area contributed by atoms with Crippen molar-refractivity contribution in [3.8, 4) is 0 Å². The van der Waals surface area contributed by atoms with Crippen molar-refractivity contribution in [2.75, 3.05) is 5.33 Å². The first-order valence-corrected chi connectivity index (χ1v) is 9.61. The molecular weight excluding hydrogens is 392 g/mol. The molecule has 0 unspecified atom stereocenters. The van der Waals surface area contributed by atoms with Gasteiger partial charge in [-0.1, -0.05) is 70.5 Å². The lowest BCUT2D eigenvalue weighted by Crippen LogP contribution is -2.35. The van der Waals surface area contributed by atoms with Crippen LogP contribution in [0.4, 0.5) is 0 Å². The van der Waals surface area contributed by atoms with Crippen molar-refractivity contribution in [1.82, 2.24) is 10.6 Å². The molecule has 5 heteroatoms. The molecule has 1 atom stereocenters. The molecule has 136 valence electrons. The number of hydrogen-bond donors (Lipinski definition) is 2. The van der Waals surface area contributed by atoms with Gasteiger partial charge in [-0.15, -0.1) is 0 Å². The van der Waals surface area contributed by atoms with E-state index in [1.54, 1.807) is 6.08 Å². The second-order valence-corrected chi connectivity index (χ2v) is 6.82. The Balaban J connectivity index is 2.12. The third-order valence-corrected chi connectivity index (χ3v) is 4.27. The fourth-order valence-corrected chi connectivity index (χ4v) is 2.96. The molecule has 0 aliphatic heterocycles. The van der Waals surface area contributed by atoms with Crippen LogP contribution >= 0.6 is 15.9 Å². The number of rotatable bonds is 7. The van der Waals surface area contributed by atoms with Gasteiger partial charge < -0.3 is 10.6 Å². The largest absolute Gasteiger partial charge is 0.344 e. The highest BCUT2D eigenvalue weighted by molar-refractivity contribution is 9.09. The molecule has 2 aromatic carbocycles. The molecule has 0 spiro atoms. The fourth-order valence-electron chi connectivity index (χ4n) is 2.50. The van der Waals surface area contributed by atoms with Gasteiger partial charge in [0.15, 0.2) is 0 Å². The second-order valence-electron chi connectivity index (χ2n) is 6.03. The van der Waals surface area contributed by atoms with Crippen molar-refractivity contribution in [3.63, 3.8) is 0 Å². The SMILES string of the molecule is CC(=O)N/C(=C/c1ccccc1)C(=O)N[C@H](C)c1ccc(CCBr)cc1. The molecule has 4 nitrogen and oxygen atoms in total. The maximum absolute atomic E-state index is 12.6. The van der Waals surface area contributed by atoms with Crippen LogP contribution in [0.25, 0.3) is 6.08 Å². The fraction of sp³-hybridized carbons (Fsp3) is 0.238. The van der Waals surface area contributed by atoms with Gasteiger partial charge in [-0.3, -0.25) is 9.59 Å². The number of hydrogen-bond acceptors (Lipinski definition) is 2. The minimum absolute atomic E-state index is 0.173. The maximum Gasteiger partial charge on any atom is 0.268 e. The molecule has 0 aliphatic carbocycles. The first kappa shape index (κ1) is 19.9. The topological polar surface area (TPSA) is 58.2 Å². The van der Waals surface area contributed by atoms with Crippen molar-refractivity contribution < 1.29 is 9.59 Å².